The van der Waals surface area contributed by atoms with Gasteiger partial charge in [0.25, 0.3) is 5.91 Å². The third-order valence-electron chi connectivity index (χ3n) is 2.55. The van der Waals surface area contributed by atoms with Crippen LogP contribution in [0, 0.1) is 5.92 Å². The number of rotatable bonds is 4. The monoisotopic (exact) mass is 215 g/mol. The first-order chi connectivity index (χ1) is 7.04. The molecule has 0 spiro atoms. The van der Waals surface area contributed by atoms with Crippen LogP contribution in [0.5, 0.6) is 0 Å². The van der Waals surface area contributed by atoms with E-state index in [2.05, 4.69) is 0 Å². The van der Waals surface area contributed by atoms with E-state index in [0.29, 0.717) is 6.42 Å². The second-order valence-electron chi connectivity index (χ2n) is 3.92. The molecule has 5 heteroatoms. The summed E-state index contributed by atoms with van der Waals surface area (Å²) in [7, 11) is 0. The molecule has 0 radical (unpaired) electrons. The van der Waals surface area contributed by atoms with Crippen molar-refractivity contribution in [1.82, 2.24) is 5.06 Å². The molecule has 1 aliphatic rings. The molecule has 2 atom stereocenters. The minimum absolute atomic E-state index is 0.229. The van der Waals surface area contributed by atoms with E-state index >= 15 is 0 Å². The predicted octanol–water partition coefficient (Wildman–Crippen LogP) is 0.822. The lowest BCUT2D eigenvalue weighted by Crippen LogP contribution is -2.35. The van der Waals surface area contributed by atoms with Crippen molar-refractivity contribution < 1.29 is 19.5 Å². The molecule has 86 valence electrons. The van der Waals surface area contributed by atoms with E-state index in [1.165, 1.54) is 0 Å². The number of aliphatic hydroxyl groups is 1. The van der Waals surface area contributed by atoms with E-state index in [0.717, 1.165) is 11.5 Å². The molecule has 0 aromatic rings. The number of carbonyl (C=O) groups is 2. The maximum Gasteiger partial charge on any atom is 0.332 e. The second kappa shape index (κ2) is 5.11. The van der Waals surface area contributed by atoms with Gasteiger partial charge in [-0.3, -0.25) is 4.79 Å². The van der Waals surface area contributed by atoms with Crippen molar-refractivity contribution in [2.75, 3.05) is 0 Å². The lowest BCUT2D eigenvalue weighted by Gasteiger charge is -2.19. The molecule has 1 amide bonds. The number of aliphatic hydroxyl groups excluding tert-OH is 1. The van der Waals surface area contributed by atoms with Gasteiger partial charge in [-0.15, -0.1) is 5.06 Å². The molecule has 5 nitrogen and oxygen atoms in total. The Labute approximate surface area is 89.0 Å². The van der Waals surface area contributed by atoms with Crippen molar-refractivity contribution in [1.29, 1.82) is 0 Å². The van der Waals surface area contributed by atoms with Crippen molar-refractivity contribution >= 4 is 11.9 Å². The summed E-state index contributed by atoms with van der Waals surface area (Å²) in [5.74, 6) is -0.564. The van der Waals surface area contributed by atoms with Gasteiger partial charge in [-0.2, -0.15) is 0 Å². The summed E-state index contributed by atoms with van der Waals surface area (Å²) in [6, 6.07) is 0. The first kappa shape index (κ1) is 12.0. The second-order valence-corrected chi connectivity index (χ2v) is 3.92. The molecule has 0 aliphatic carbocycles. The Morgan fingerprint density at radius 3 is 2.87 bits per heavy atom. The van der Waals surface area contributed by atoms with Crippen LogP contribution in [-0.2, 0) is 14.4 Å². The first-order valence-corrected chi connectivity index (χ1v) is 5.25. The van der Waals surface area contributed by atoms with Gasteiger partial charge < -0.3 is 9.94 Å². The quantitative estimate of drug-likeness (QED) is 0.754. The highest BCUT2D eigenvalue weighted by atomic mass is 16.7. The van der Waals surface area contributed by atoms with Gasteiger partial charge in [-0.25, -0.2) is 4.79 Å². The van der Waals surface area contributed by atoms with Gasteiger partial charge in [-0.1, -0.05) is 20.3 Å². The van der Waals surface area contributed by atoms with Crippen LogP contribution in [0.2, 0.25) is 0 Å². The Balaban J connectivity index is 2.40. The van der Waals surface area contributed by atoms with Gasteiger partial charge in [-0.05, 0) is 5.92 Å². The summed E-state index contributed by atoms with van der Waals surface area (Å²) in [4.78, 5) is 27.3. The molecule has 1 aliphatic heterocycles. The van der Waals surface area contributed by atoms with E-state index in [1.54, 1.807) is 0 Å². The van der Waals surface area contributed by atoms with Crippen LogP contribution in [0.3, 0.4) is 0 Å². The molecule has 0 saturated carbocycles. The zero-order chi connectivity index (χ0) is 11.4. The first-order valence-electron chi connectivity index (χ1n) is 5.25. The Morgan fingerprint density at radius 1 is 1.73 bits per heavy atom. The summed E-state index contributed by atoms with van der Waals surface area (Å²) in [6.45, 7) is 3.91. The SMILES string of the molecule is CCC(C)CC(=O)ON1C(=O)CCC1O. The Bertz CT molecular complexity index is 254. The fourth-order valence-electron chi connectivity index (χ4n) is 1.33. The summed E-state index contributed by atoms with van der Waals surface area (Å²) < 4.78 is 0. The molecule has 1 saturated heterocycles. The van der Waals surface area contributed by atoms with Crippen molar-refractivity contribution in [3.8, 4) is 0 Å². The van der Waals surface area contributed by atoms with Crippen LogP contribution in [0.4, 0.5) is 0 Å². The van der Waals surface area contributed by atoms with E-state index < -0.39 is 12.2 Å². The molecule has 1 heterocycles. The highest BCUT2D eigenvalue weighted by molar-refractivity contribution is 5.79. The molecule has 0 aromatic heterocycles. The topological polar surface area (TPSA) is 66.8 Å². The molecule has 1 fully saturated rings. The number of amides is 1. The van der Waals surface area contributed by atoms with Crippen molar-refractivity contribution in [2.24, 2.45) is 5.92 Å². The number of hydrogen-bond donors (Lipinski definition) is 1. The van der Waals surface area contributed by atoms with Crippen LogP contribution in [0.15, 0.2) is 0 Å². The average molecular weight is 215 g/mol. The fraction of sp³-hybridized carbons (Fsp3) is 0.800. The van der Waals surface area contributed by atoms with Crippen LogP contribution in [0.25, 0.3) is 0 Å². The van der Waals surface area contributed by atoms with Crippen molar-refractivity contribution in [3.05, 3.63) is 0 Å². The Hall–Kier alpha value is -1.10. The zero-order valence-electron chi connectivity index (χ0n) is 9.10. The average Bonchev–Trinajstić information content (AvgIpc) is 2.49. The molecule has 0 aromatic carbocycles. The van der Waals surface area contributed by atoms with Gasteiger partial charge in [0, 0.05) is 12.8 Å². The number of hydrogen-bond acceptors (Lipinski definition) is 4. The van der Waals surface area contributed by atoms with Gasteiger partial charge in [0.1, 0.15) is 0 Å². The largest absolute Gasteiger partial charge is 0.370 e. The molecular weight excluding hydrogens is 198 g/mol. The van der Waals surface area contributed by atoms with E-state index in [1.807, 2.05) is 13.8 Å². The van der Waals surface area contributed by atoms with Gasteiger partial charge in [0.15, 0.2) is 6.23 Å². The number of hydroxylamine groups is 2. The summed E-state index contributed by atoms with van der Waals surface area (Å²) in [6.07, 6.45) is 0.740. The molecule has 2 unspecified atom stereocenters. The lowest BCUT2D eigenvalue weighted by atomic mass is 10.1. The smallest absolute Gasteiger partial charge is 0.332 e. The summed E-state index contributed by atoms with van der Waals surface area (Å²) >= 11 is 0. The van der Waals surface area contributed by atoms with Crippen molar-refractivity contribution in [2.45, 2.75) is 45.8 Å². The third-order valence-corrected chi connectivity index (χ3v) is 2.55. The molecular formula is C10H17NO4. The maximum atomic E-state index is 11.3. The minimum atomic E-state index is -0.974. The standard InChI is InChI=1S/C10H17NO4/c1-3-7(2)6-10(14)15-11-8(12)4-5-9(11)13/h7-8,12H,3-6H2,1-2H3. The Morgan fingerprint density at radius 2 is 2.40 bits per heavy atom. The fourth-order valence-corrected chi connectivity index (χ4v) is 1.33. The third kappa shape index (κ3) is 3.20. The van der Waals surface area contributed by atoms with Gasteiger partial charge in [0.05, 0.1) is 6.42 Å². The number of nitrogens with zero attached hydrogens (tertiary/aromatic N) is 1. The van der Waals surface area contributed by atoms with Crippen LogP contribution in [0.1, 0.15) is 39.5 Å². The zero-order valence-corrected chi connectivity index (χ0v) is 9.10. The predicted molar refractivity (Wildman–Crippen MR) is 52.3 cm³/mol. The van der Waals surface area contributed by atoms with E-state index in [4.69, 9.17) is 4.84 Å². The molecule has 1 N–H and O–H groups in total. The Kier molecular flexibility index (Phi) is 4.08. The number of carbonyl (C=O) groups excluding carboxylic acids is 2. The summed E-state index contributed by atoms with van der Waals surface area (Å²) in [5.41, 5.74) is 0. The lowest BCUT2D eigenvalue weighted by molar-refractivity contribution is -0.221. The van der Waals surface area contributed by atoms with Gasteiger partial charge >= 0.3 is 5.97 Å². The summed E-state index contributed by atoms with van der Waals surface area (Å²) in [5, 5.41) is 10.1. The molecule has 15 heavy (non-hydrogen) atoms. The normalized spacial score (nSPS) is 23.0. The van der Waals surface area contributed by atoms with Crippen LogP contribution >= 0.6 is 0 Å². The molecule has 1 rings (SSSR count). The highest BCUT2D eigenvalue weighted by Gasteiger charge is 2.32. The van der Waals surface area contributed by atoms with Crippen LogP contribution < -0.4 is 0 Å². The van der Waals surface area contributed by atoms with Crippen molar-refractivity contribution in [3.63, 3.8) is 0 Å². The maximum absolute atomic E-state index is 11.3. The van der Waals surface area contributed by atoms with Gasteiger partial charge in [0.2, 0.25) is 0 Å². The minimum Gasteiger partial charge on any atom is -0.370 e. The highest BCUT2D eigenvalue weighted by Crippen LogP contribution is 2.18. The van der Waals surface area contributed by atoms with Crippen LogP contribution in [-0.4, -0.2) is 28.3 Å². The van der Waals surface area contributed by atoms with E-state index in [9.17, 15) is 14.7 Å². The van der Waals surface area contributed by atoms with E-state index in [-0.39, 0.29) is 24.7 Å². The molecule has 0 bridgehead atoms.